The van der Waals surface area contributed by atoms with Crippen molar-refractivity contribution in [3.05, 3.63) is 212 Å². The first-order valence-electron chi connectivity index (χ1n) is 19.3. The molecule has 0 saturated carbocycles. The van der Waals surface area contributed by atoms with Crippen molar-refractivity contribution in [1.29, 1.82) is 0 Å². The van der Waals surface area contributed by atoms with E-state index in [1.54, 1.807) is 0 Å². The largest absolute Gasteiger partial charge is 0.456 e. The van der Waals surface area contributed by atoms with Crippen LogP contribution in [-0.2, 0) is 0 Å². The summed E-state index contributed by atoms with van der Waals surface area (Å²) in [6.07, 6.45) is 0. The predicted molar refractivity (Wildman–Crippen MR) is 237 cm³/mol. The number of hydrogen-bond acceptors (Lipinski definition) is 3. The Kier molecular flexibility index (Phi) is 7.82. The maximum Gasteiger partial charge on any atom is 0.136 e. The Balaban J connectivity index is 1.04. The molecule has 11 aromatic rings. The lowest BCUT2D eigenvalue weighted by atomic mass is 9.92. The topological polar surface area (TPSA) is 29.5 Å². The number of hydrogen-bond donors (Lipinski definition) is 0. The maximum absolute atomic E-state index is 6.53. The van der Waals surface area contributed by atoms with Gasteiger partial charge in [-0.05, 0) is 99.4 Å². The van der Waals surface area contributed by atoms with E-state index in [-0.39, 0.29) is 0 Å². The van der Waals surface area contributed by atoms with Crippen molar-refractivity contribution in [1.82, 2.24) is 0 Å². The molecule has 268 valence electrons. The van der Waals surface area contributed by atoms with E-state index in [1.807, 2.05) is 18.2 Å². The first-order valence-corrected chi connectivity index (χ1v) is 19.3. The van der Waals surface area contributed by atoms with Crippen LogP contribution >= 0.6 is 0 Å². The van der Waals surface area contributed by atoms with E-state index in [1.165, 1.54) is 16.5 Å². The smallest absolute Gasteiger partial charge is 0.136 e. The third-order valence-corrected chi connectivity index (χ3v) is 11.1. The van der Waals surface area contributed by atoms with Crippen LogP contribution < -0.4 is 4.90 Å². The van der Waals surface area contributed by atoms with Crippen molar-refractivity contribution in [2.45, 2.75) is 0 Å². The standard InChI is InChI=1S/C54H35NO2/c1-4-13-36(14-5-1)37-25-28-43(29-26-37)55(42-17-8-3-9-18-42)49-31-30-45(44-19-10-11-20-46(44)49)47-21-12-22-51-54(47)48-33-39(27-32-50(48)56-51)40-23-24-41-35-52(57-53(41)34-40)38-15-6-2-7-16-38/h1-35H. The third-order valence-electron chi connectivity index (χ3n) is 11.1. The van der Waals surface area contributed by atoms with E-state index in [4.69, 9.17) is 8.83 Å². The van der Waals surface area contributed by atoms with Crippen molar-refractivity contribution in [3.63, 3.8) is 0 Å². The van der Waals surface area contributed by atoms with E-state index in [9.17, 15) is 0 Å². The van der Waals surface area contributed by atoms with Crippen LogP contribution in [0.5, 0.6) is 0 Å². The van der Waals surface area contributed by atoms with Crippen LogP contribution in [0.25, 0.3) is 88.4 Å². The van der Waals surface area contributed by atoms with E-state index in [0.29, 0.717) is 0 Å². The molecule has 0 aliphatic rings. The molecule has 0 spiro atoms. The van der Waals surface area contributed by atoms with E-state index in [0.717, 1.165) is 88.9 Å². The summed E-state index contributed by atoms with van der Waals surface area (Å²) in [6, 6.07) is 75.1. The van der Waals surface area contributed by atoms with Gasteiger partial charge in [0.15, 0.2) is 0 Å². The Hall–Kier alpha value is -7.62. The molecule has 0 saturated heterocycles. The highest BCUT2D eigenvalue weighted by Gasteiger charge is 2.20. The highest BCUT2D eigenvalue weighted by Crippen LogP contribution is 2.45. The summed E-state index contributed by atoms with van der Waals surface area (Å²) in [5.74, 6) is 0.870. The van der Waals surface area contributed by atoms with Crippen LogP contribution in [-0.4, -0.2) is 0 Å². The molecule has 0 radical (unpaired) electrons. The second-order valence-corrected chi connectivity index (χ2v) is 14.5. The number of nitrogens with zero attached hydrogens (tertiary/aromatic N) is 1. The quantitative estimate of drug-likeness (QED) is 0.164. The number of benzene rings is 9. The Labute approximate surface area is 330 Å². The summed E-state index contributed by atoms with van der Waals surface area (Å²) in [7, 11) is 0. The monoisotopic (exact) mass is 729 g/mol. The molecule has 2 aromatic heterocycles. The van der Waals surface area contributed by atoms with Gasteiger partial charge in [0.25, 0.3) is 0 Å². The summed E-state index contributed by atoms with van der Waals surface area (Å²) in [4.78, 5) is 2.36. The molecule has 0 N–H and O–H groups in total. The summed E-state index contributed by atoms with van der Waals surface area (Å²) < 4.78 is 12.9. The highest BCUT2D eigenvalue weighted by atomic mass is 16.3. The fourth-order valence-electron chi connectivity index (χ4n) is 8.34. The normalized spacial score (nSPS) is 11.5. The first kappa shape index (κ1) is 32.8. The van der Waals surface area contributed by atoms with Crippen molar-refractivity contribution in [3.8, 4) is 44.7 Å². The van der Waals surface area contributed by atoms with Crippen molar-refractivity contribution in [2.24, 2.45) is 0 Å². The van der Waals surface area contributed by atoms with Crippen molar-refractivity contribution >= 4 is 60.7 Å². The van der Waals surface area contributed by atoms with Crippen LogP contribution in [0.4, 0.5) is 17.1 Å². The molecule has 0 bridgehead atoms. The van der Waals surface area contributed by atoms with Gasteiger partial charge in [-0.25, -0.2) is 0 Å². The van der Waals surface area contributed by atoms with Crippen LogP contribution in [0.1, 0.15) is 0 Å². The summed E-state index contributed by atoms with van der Waals surface area (Å²) >= 11 is 0. The van der Waals surface area contributed by atoms with Gasteiger partial charge in [0.1, 0.15) is 22.5 Å². The number of anilines is 3. The summed E-state index contributed by atoms with van der Waals surface area (Å²) in [5.41, 5.74) is 13.9. The average Bonchev–Trinajstić information content (AvgIpc) is 3.89. The Bertz CT molecular complexity index is 3220. The molecule has 2 heterocycles. The molecular weight excluding hydrogens is 695 g/mol. The lowest BCUT2D eigenvalue weighted by Gasteiger charge is -2.27. The average molecular weight is 730 g/mol. The van der Waals surface area contributed by atoms with Crippen LogP contribution in [0.3, 0.4) is 0 Å². The summed E-state index contributed by atoms with van der Waals surface area (Å²) in [5, 5.41) is 5.61. The number of furan rings is 2. The van der Waals surface area contributed by atoms with Crippen molar-refractivity contribution < 1.29 is 8.83 Å². The van der Waals surface area contributed by atoms with Gasteiger partial charge in [0.05, 0.1) is 5.69 Å². The lowest BCUT2D eigenvalue weighted by molar-refractivity contribution is 0.632. The Morgan fingerprint density at radius 3 is 1.74 bits per heavy atom. The molecule has 0 aliphatic heterocycles. The number of fused-ring (bicyclic) bond motifs is 5. The van der Waals surface area contributed by atoms with Gasteiger partial charge in [-0.2, -0.15) is 0 Å². The van der Waals surface area contributed by atoms with Crippen molar-refractivity contribution in [2.75, 3.05) is 4.90 Å². The number of para-hydroxylation sites is 1. The predicted octanol–water partition coefficient (Wildman–Crippen LogP) is 15.6. The molecule has 0 fully saturated rings. The Morgan fingerprint density at radius 1 is 0.316 bits per heavy atom. The molecule has 3 nitrogen and oxygen atoms in total. The lowest BCUT2D eigenvalue weighted by Crippen LogP contribution is -2.10. The highest BCUT2D eigenvalue weighted by molar-refractivity contribution is 6.17. The zero-order valence-electron chi connectivity index (χ0n) is 31.0. The van der Waals surface area contributed by atoms with Gasteiger partial charge >= 0.3 is 0 Å². The van der Waals surface area contributed by atoms with Gasteiger partial charge < -0.3 is 13.7 Å². The second kappa shape index (κ2) is 13.6. The zero-order chi connectivity index (χ0) is 37.7. The van der Waals surface area contributed by atoms with Gasteiger partial charge in [-0.3, -0.25) is 0 Å². The van der Waals surface area contributed by atoms with Crippen LogP contribution in [0.15, 0.2) is 221 Å². The fourth-order valence-corrected chi connectivity index (χ4v) is 8.34. The molecule has 0 aliphatic carbocycles. The molecule has 57 heavy (non-hydrogen) atoms. The van der Waals surface area contributed by atoms with Crippen LogP contribution in [0, 0.1) is 0 Å². The minimum absolute atomic E-state index is 0.863. The SMILES string of the molecule is c1ccc(-c2ccc(N(c3ccccc3)c3ccc(-c4cccc5oc6ccc(-c7ccc8cc(-c9ccccc9)oc8c7)cc6c45)c4ccccc34)cc2)cc1. The fraction of sp³-hybridized carbons (Fsp3) is 0. The molecule has 3 heteroatoms. The second-order valence-electron chi connectivity index (χ2n) is 14.5. The minimum atomic E-state index is 0.863. The first-order chi connectivity index (χ1) is 28.2. The van der Waals surface area contributed by atoms with Gasteiger partial charge in [-0.15, -0.1) is 0 Å². The number of rotatable bonds is 7. The summed E-state index contributed by atoms with van der Waals surface area (Å²) in [6.45, 7) is 0. The Morgan fingerprint density at radius 2 is 0.947 bits per heavy atom. The molecule has 0 amide bonds. The van der Waals surface area contributed by atoms with E-state index >= 15 is 0 Å². The van der Waals surface area contributed by atoms with Gasteiger partial charge in [-0.1, -0.05) is 152 Å². The van der Waals surface area contributed by atoms with Crippen LogP contribution in [0.2, 0.25) is 0 Å². The molecule has 0 atom stereocenters. The minimum Gasteiger partial charge on any atom is -0.456 e. The molecule has 9 aromatic carbocycles. The third kappa shape index (κ3) is 5.76. The van der Waals surface area contributed by atoms with E-state index in [2.05, 4.69) is 199 Å². The zero-order valence-corrected chi connectivity index (χ0v) is 31.0. The van der Waals surface area contributed by atoms with E-state index < -0.39 is 0 Å². The maximum atomic E-state index is 6.53. The molecule has 0 unspecified atom stereocenters. The molecule has 11 rings (SSSR count). The van der Waals surface area contributed by atoms with Gasteiger partial charge in [0, 0.05) is 38.5 Å². The van der Waals surface area contributed by atoms with Gasteiger partial charge in [0.2, 0.25) is 0 Å². The molecular formula is C54H35NO2.